The molecule has 0 atom stereocenters. The van der Waals surface area contributed by atoms with Crippen molar-refractivity contribution in [3.05, 3.63) is 0 Å². The number of likely N-dealkylation sites (tertiary alicyclic amines) is 1. The van der Waals surface area contributed by atoms with Crippen LogP contribution in [0.5, 0.6) is 0 Å². The first-order valence-corrected chi connectivity index (χ1v) is 5.93. The number of hydrogen-bond donors (Lipinski definition) is 2. The van der Waals surface area contributed by atoms with Gasteiger partial charge in [-0.1, -0.05) is 13.2 Å². The zero-order valence-electron chi connectivity index (χ0n) is 11.3. The summed E-state index contributed by atoms with van der Waals surface area (Å²) in [6, 6.07) is 0. The third-order valence-electron chi connectivity index (χ3n) is 3.26. The molecule has 1 fully saturated rings. The van der Waals surface area contributed by atoms with Gasteiger partial charge in [0.15, 0.2) is 0 Å². The Kier molecular flexibility index (Phi) is 8.39. The Bertz CT molecular complexity index is 167. The van der Waals surface area contributed by atoms with E-state index in [1.54, 1.807) is 27.7 Å². The molecule has 0 aliphatic carbocycles. The second-order valence-corrected chi connectivity index (χ2v) is 5.76. The van der Waals surface area contributed by atoms with Crippen molar-refractivity contribution in [1.82, 2.24) is 4.90 Å². The lowest BCUT2D eigenvalue weighted by atomic mass is 9.80. The van der Waals surface area contributed by atoms with E-state index < -0.39 is 11.2 Å². The predicted octanol–water partition coefficient (Wildman–Crippen LogP) is 1.83. The SMILES string of the molecule is C.CC(C)(O)C(C)(C)O.[B]C1CCN(C)CC1. The molecule has 0 spiro atoms. The van der Waals surface area contributed by atoms with Crippen LogP contribution < -0.4 is 0 Å². The minimum atomic E-state index is -1.01. The Balaban J connectivity index is 0. The third kappa shape index (κ3) is 8.64. The molecular weight excluding hydrogens is 213 g/mol. The van der Waals surface area contributed by atoms with Crippen molar-refractivity contribution in [2.75, 3.05) is 20.1 Å². The van der Waals surface area contributed by atoms with E-state index in [0.717, 1.165) is 0 Å². The first kappa shape index (κ1) is 19.3. The van der Waals surface area contributed by atoms with Gasteiger partial charge in [-0.25, -0.2) is 0 Å². The Morgan fingerprint density at radius 2 is 1.29 bits per heavy atom. The Labute approximate surface area is 109 Å². The van der Waals surface area contributed by atoms with Gasteiger partial charge in [0.1, 0.15) is 0 Å². The van der Waals surface area contributed by atoms with Gasteiger partial charge < -0.3 is 15.1 Å². The molecule has 3 nitrogen and oxygen atoms in total. The molecule has 0 aromatic heterocycles. The van der Waals surface area contributed by atoms with Crippen molar-refractivity contribution in [2.45, 2.75) is 65.0 Å². The normalized spacial score (nSPS) is 19.0. The molecule has 0 amide bonds. The van der Waals surface area contributed by atoms with Crippen molar-refractivity contribution in [2.24, 2.45) is 0 Å². The topological polar surface area (TPSA) is 43.7 Å². The van der Waals surface area contributed by atoms with Crippen LogP contribution in [-0.2, 0) is 0 Å². The number of aliphatic hydroxyl groups is 2. The molecule has 2 N–H and O–H groups in total. The molecule has 1 rings (SSSR count). The first-order valence-electron chi connectivity index (χ1n) is 5.93. The van der Waals surface area contributed by atoms with E-state index in [-0.39, 0.29) is 7.43 Å². The van der Waals surface area contributed by atoms with E-state index in [2.05, 4.69) is 11.9 Å². The molecule has 1 saturated heterocycles. The summed E-state index contributed by atoms with van der Waals surface area (Å²) in [4.78, 5) is 2.32. The molecular formula is C13H30BNO2. The van der Waals surface area contributed by atoms with Crippen LogP contribution in [0, 0.1) is 0 Å². The van der Waals surface area contributed by atoms with Gasteiger partial charge in [0.05, 0.1) is 19.0 Å². The average Bonchev–Trinajstić information content (AvgIpc) is 2.08. The molecule has 17 heavy (non-hydrogen) atoms. The quantitative estimate of drug-likeness (QED) is 0.690. The molecule has 1 aliphatic rings. The van der Waals surface area contributed by atoms with Gasteiger partial charge in [-0.15, -0.1) is 0 Å². The summed E-state index contributed by atoms with van der Waals surface area (Å²) in [5.74, 6) is 0.478. The lowest BCUT2D eigenvalue weighted by Crippen LogP contribution is -2.44. The lowest BCUT2D eigenvalue weighted by molar-refractivity contribution is -0.107. The first-order chi connectivity index (χ1) is 7.04. The largest absolute Gasteiger partial charge is 0.387 e. The molecule has 102 valence electrons. The van der Waals surface area contributed by atoms with Gasteiger partial charge in [0.2, 0.25) is 0 Å². The summed E-state index contributed by atoms with van der Waals surface area (Å²) < 4.78 is 0. The van der Waals surface area contributed by atoms with Crippen LogP contribution in [0.25, 0.3) is 0 Å². The number of nitrogens with zero attached hydrogens (tertiary/aromatic N) is 1. The highest BCUT2D eigenvalue weighted by Crippen LogP contribution is 2.19. The Morgan fingerprint density at radius 3 is 1.47 bits per heavy atom. The molecule has 0 bridgehead atoms. The van der Waals surface area contributed by atoms with E-state index in [0.29, 0.717) is 5.82 Å². The summed E-state index contributed by atoms with van der Waals surface area (Å²) in [7, 11) is 7.82. The standard InChI is InChI=1S/C6H12BN.C6H14O2.CH4/c1-8-4-2-6(7)3-5-8;1-5(2,7)6(3,4)8;/h6H,2-5H2,1H3;7-8H,1-4H3;1H4. The van der Waals surface area contributed by atoms with E-state index in [9.17, 15) is 0 Å². The van der Waals surface area contributed by atoms with Gasteiger partial charge in [-0.2, -0.15) is 0 Å². The van der Waals surface area contributed by atoms with Gasteiger partial charge in [0.25, 0.3) is 0 Å². The monoisotopic (exact) mass is 243 g/mol. The van der Waals surface area contributed by atoms with Crippen LogP contribution in [-0.4, -0.2) is 54.3 Å². The molecule has 0 aromatic carbocycles. The third-order valence-corrected chi connectivity index (χ3v) is 3.26. The Hall–Kier alpha value is -0.0551. The molecule has 2 radical (unpaired) electrons. The number of hydrogen-bond acceptors (Lipinski definition) is 3. The van der Waals surface area contributed by atoms with E-state index >= 15 is 0 Å². The van der Waals surface area contributed by atoms with Crippen LogP contribution >= 0.6 is 0 Å². The number of rotatable bonds is 1. The van der Waals surface area contributed by atoms with Crippen molar-refractivity contribution in [1.29, 1.82) is 0 Å². The van der Waals surface area contributed by atoms with Crippen molar-refractivity contribution >= 4 is 7.85 Å². The van der Waals surface area contributed by atoms with E-state index in [4.69, 9.17) is 18.1 Å². The fourth-order valence-electron chi connectivity index (χ4n) is 1.03. The Morgan fingerprint density at radius 1 is 1.00 bits per heavy atom. The minimum absolute atomic E-state index is 0. The predicted molar refractivity (Wildman–Crippen MR) is 75.6 cm³/mol. The maximum absolute atomic E-state index is 9.10. The summed E-state index contributed by atoms with van der Waals surface area (Å²) in [6.07, 6.45) is 2.35. The molecule has 1 aliphatic heterocycles. The zero-order valence-corrected chi connectivity index (χ0v) is 11.3. The minimum Gasteiger partial charge on any atom is -0.387 e. The lowest BCUT2D eigenvalue weighted by Gasteiger charge is -2.31. The van der Waals surface area contributed by atoms with Crippen LogP contribution in [0.15, 0.2) is 0 Å². The second-order valence-electron chi connectivity index (χ2n) is 5.76. The van der Waals surface area contributed by atoms with E-state index in [1.807, 2.05) is 0 Å². The summed E-state index contributed by atoms with van der Waals surface area (Å²) in [5.41, 5.74) is -2.01. The van der Waals surface area contributed by atoms with Gasteiger partial charge in [0, 0.05) is 0 Å². The van der Waals surface area contributed by atoms with E-state index in [1.165, 1.54) is 25.9 Å². The van der Waals surface area contributed by atoms with Crippen LogP contribution in [0.2, 0.25) is 5.82 Å². The smallest absolute Gasteiger partial charge is 0.0872 e. The van der Waals surface area contributed by atoms with Gasteiger partial charge >= 0.3 is 0 Å². The van der Waals surface area contributed by atoms with Crippen molar-refractivity contribution in [3.8, 4) is 0 Å². The maximum atomic E-state index is 9.10. The fourth-order valence-corrected chi connectivity index (χ4v) is 1.03. The highest BCUT2D eigenvalue weighted by molar-refractivity contribution is 6.11. The van der Waals surface area contributed by atoms with Crippen molar-refractivity contribution in [3.63, 3.8) is 0 Å². The highest BCUT2D eigenvalue weighted by Gasteiger charge is 2.31. The summed E-state index contributed by atoms with van der Waals surface area (Å²) >= 11 is 0. The summed E-state index contributed by atoms with van der Waals surface area (Å²) in [6.45, 7) is 8.67. The molecule has 4 heteroatoms. The number of piperidine rings is 1. The molecule has 0 aromatic rings. The average molecular weight is 243 g/mol. The fraction of sp³-hybridized carbons (Fsp3) is 1.00. The van der Waals surface area contributed by atoms with Crippen molar-refractivity contribution < 1.29 is 10.2 Å². The molecule has 0 saturated carbocycles. The van der Waals surface area contributed by atoms with Crippen LogP contribution in [0.3, 0.4) is 0 Å². The maximum Gasteiger partial charge on any atom is 0.0872 e. The van der Waals surface area contributed by atoms with Crippen LogP contribution in [0.4, 0.5) is 0 Å². The summed E-state index contributed by atoms with van der Waals surface area (Å²) in [5, 5.41) is 18.2. The van der Waals surface area contributed by atoms with Gasteiger partial charge in [-0.3, -0.25) is 0 Å². The van der Waals surface area contributed by atoms with Crippen LogP contribution in [0.1, 0.15) is 48.0 Å². The molecule has 0 unspecified atom stereocenters. The highest BCUT2D eigenvalue weighted by atomic mass is 16.3. The molecule has 1 heterocycles. The zero-order chi connectivity index (χ0) is 13.0. The van der Waals surface area contributed by atoms with Gasteiger partial charge in [-0.05, 0) is 60.7 Å². The second kappa shape index (κ2) is 7.40.